The van der Waals surface area contributed by atoms with E-state index in [2.05, 4.69) is 10.6 Å². The summed E-state index contributed by atoms with van der Waals surface area (Å²) in [5.74, 6) is -0.488. The van der Waals surface area contributed by atoms with Crippen LogP contribution < -0.4 is 10.6 Å². The van der Waals surface area contributed by atoms with Gasteiger partial charge < -0.3 is 30.5 Å². The SMILES string of the molecule is CSCCC(NC(=O)OC(C)(C)C)C(=O)N(CCO)C(C(=O)Nc1ccc2ccccc2c1)c1ccc(O)cc1. The number of carbonyl (C=O) groups excluding carboxylic acids is 3. The maximum atomic E-state index is 14.0. The molecule has 3 rings (SSSR count). The highest BCUT2D eigenvalue weighted by molar-refractivity contribution is 7.98. The quantitative estimate of drug-likeness (QED) is 0.265. The van der Waals surface area contributed by atoms with Crippen molar-refractivity contribution < 1.29 is 29.3 Å². The fourth-order valence-corrected chi connectivity index (χ4v) is 4.70. The summed E-state index contributed by atoms with van der Waals surface area (Å²) in [6.45, 7) is 4.59. The largest absolute Gasteiger partial charge is 0.508 e. The van der Waals surface area contributed by atoms with Gasteiger partial charge in [0.25, 0.3) is 5.91 Å². The molecule has 40 heavy (non-hydrogen) atoms. The Bertz CT molecular complexity index is 1310. The summed E-state index contributed by atoms with van der Waals surface area (Å²) < 4.78 is 5.37. The Hall–Kier alpha value is -3.76. The fourth-order valence-electron chi connectivity index (χ4n) is 4.22. The highest BCUT2D eigenvalue weighted by Crippen LogP contribution is 2.27. The van der Waals surface area contributed by atoms with Gasteiger partial charge in [-0.15, -0.1) is 0 Å². The normalized spacial score (nSPS) is 12.8. The van der Waals surface area contributed by atoms with Crippen LogP contribution in [0.15, 0.2) is 66.7 Å². The summed E-state index contributed by atoms with van der Waals surface area (Å²) in [7, 11) is 0. The zero-order chi connectivity index (χ0) is 29.3. The van der Waals surface area contributed by atoms with Gasteiger partial charge in [-0.2, -0.15) is 11.8 Å². The van der Waals surface area contributed by atoms with E-state index < -0.39 is 42.2 Å². The van der Waals surface area contributed by atoms with Crippen LogP contribution in [0.4, 0.5) is 10.5 Å². The molecule has 4 N–H and O–H groups in total. The third kappa shape index (κ3) is 8.62. The van der Waals surface area contributed by atoms with Gasteiger partial charge in [0.2, 0.25) is 5.91 Å². The van der Waals surface area contributed by atoms with Gasteiger partial charge >= 0.3 is 6.09 Å². The third-order valence-corrected chi connectivity index (χ3v) is 6.65. The molecule has 0 bridgehead atoms. The monoisotopic (exact) mass is 567 g/mol. The van der Waals surface area contributed by atoms with Gasteiger partial charge in [0.15, 0.2) is 0 Å². The molecule has 0 saturated carbocycles. The Morgan fingerprint density at radius 3 is 2.30 bits per heavy atom. The van der Waals surface area contributed by atoms with Gasteiger partial charge in [-0.3, -0.25) is 9.59 Å². The zero-order valence-corrected chi connectivity index (χ0v) is 24.0. The first-order valence-electron chi connectivity index (χ1n) is 13.0. The van der Waals surface area contributed by atoms with Crippen LogP contribution in [0.1, 0.15) is 38.8 Å². The number of hydrogen-bond acceptors (Lipinski definition) is 7. The summed E-state index contributed by atoms with van der Waals surface area (Å²) >= 11 is 1.51. The average Bonchev–Trinajstić information content (AvgIpc) is 2.90. The van der Waals surface area contributed by atoms with Crippen molar-refractivity contribution in [2.24, 2.45) is 0 Å². The number of aliphatic hydroxyl groups excluding tert-OH is 1. The summed E-state index contributed by atoms with van der Waals surface area (Å²) in [5, 5.41) is 27.3. The Morgan fingerprint density at radius 2 is 1.68 bits per heavy atom. The number of amides is 3. The molecule has 2 atom stereocenters. The Labute approximate surface area is 238 Å². The Balaban J connectivity index is 1.97. The number of nitrogens with zero attached hydrogens (tertiary/aromatic N) is 1. The van der Waals surface area contributed by atoms with Crippen molar-refractivity contribution in [1.82, 2.24) is 10.2 Å². The predicted molar refractivity (Wildman–Crippen MR) is 158 cm³/mol. The maximum absolute atomic E-state index is 14.0. The van der Waals surface area contributed by atoms with Crippen molar-refractivity contribution in [3.8, 4) is 5.75 Å². The van der Waals surface area contributed by atoms with E-state index in [0.717, 1.165) is 10.8 Å². The number of ether oxygens (including phenoxy) is 1. The van der Waals surface area contributed by atoms with E-state index in [9.17, 15) is 24.6 Å². The molecule has 0 aliphatic carbocycles. The molecule has 0 aliphatic rings. The number of benzene rings is 3. The lowest BCUT2D eigenvalue weighted by Gasteiger charge is -2.34. The van der Waals surface area contributed by atoms with E-state index in [1.165, 1.54) is 28.8 Å². The standard InChI is InChI=1S/C30H37N3O6S/c1-30(2,3)39-29(38)32-25(15-18-40-4)28(37)33(16-17-34)26(21-10-13-24(35)14-11-21)27(36)31-23-12-9-20-7-5-6-8-22(20)19-23/h5-14,19,25-26,34-35H,15-18H2,1-4H3,(H,31,36)(H,32,38). The fraction of sp³-hybridized carbons (Fsp3) is 0.367. The number of nitrogens with one attached hydrogen (secondary N) is 2. The summed E-state index contributed by atoms with van der Waals surface area (Å²) in [6, 6.07) is 17.0. The molecular formula is C30H37N3O6S. The molecule has 0 saturated heterocycles. The van der Waals surface area contributed by atoms with E-state index >= 15 is 0 Å². The molecule has 9 nitrogen and oxygen atoms in total. The molecule has 214 valence electrons. The van der Waals surface area contributed by atoms with Gasteiger partial charge in [-0.05, 0) is 79.8 Å². The molecule has 0 heterocycles. The topological polar surface area (TPSA) is 128 Å². The Morgan fingerprint density at radius 1 is 1.00 bits per heavy atom. The summed E-state index contributed by atoms with van der Waals surface area (Å²) in [6.07, 6.45) is 1.42. The molecule has 2 unspecified atom stereocenters. The number of aromatic hydroxyl groups is 1. The van der Waals surface area contributed by atoms with Crippen LogP contribution in [0, 0.1) is 0 Å². The molecule has 3 aromatic rings. The van der Waals surface area contributed by atoms with Crippen LogP contribution >= 0.6 is 11.8 Å². The third-order valence-electron chi connectivity index (χ3n) is 6.01. The van der Waals surface area contributed by atoms with Crippen LogP contribution in [0.5, 0.6) is 5.75 Å². The number of alkyl carbamates (subject to hydrolysis) is 1. The van der Waals surface area contributed by atoms with E-state index in [1.807, 2.05) is 42.7 Å². The van der Waals surface area contributed by atoms with E-state index in [4.69, 9.17) is 4.74 Å². The van der Waals surface area contributed by atoms with Crippen molar-refractivity contribution >= 4 is 46.1 Å². The van der Waals surface area contributed by atoms with Crippen molar-refractivity contribution in [2.75, 3.05) is 30.5 Å². The lowest BCUT2D eigenvalue weighted by atomic mass is 10.0. The molecule has 0 fully saturated rings. The number of aliphatic hydroxyl groups is 1. The molecule has 0 spiro atoms. The molecular weight excluding hydrogens is 530 g/mol. The van der Waals surface area contributed by atoms with Crippen molar-refractivity contribution in [3.05, 3.63) is 72.3 Å². The zero-order valence-electron chi connectivity index (χ0n) is 23.2. The molecule has 0 aliphatic heterocycles. The van der Waals surface area contributed by atoms with Gasteiger partial charge in [-0.25, -0.2) is 4.79 Å². The Kier molecular flexibility index (Phi) is 10.8. The van der Waals surface area contributed by atoms with Crippen LogP contribution in [-0.2, 0) is 14.3 Å². The number of anilines is 1. The number of phenolic OH excluding ortho intramolecular Hbond substituents is 1. The number of phenols is 1. The number of carbonyl (C=O) groups is 3. The predicted octanol–water partition coefficient (Wildman–Crippen LogP) is 4.69. The summed E-state index contributed by atoms with van der Waals surface area (Å²) in [4.78, 5) is 41.7. The van der Waals surface area contributed by atoms with Crippen LogP contribution in [0.2, 0.25) is 0 Å². The smallest absolute Gasteiger partial charge is 0.408 e. The molecule has 0 aromatic heterocycles. The minimum atomic E-state index is -1.16. The second-order valence-corrected chi connectivity index (χ2v) is 11.3. The number of thioether (sulfide) groups is 1. The number of hydrogen-bond donors (Lipinski definition) is 4. The van der Waals surface area contributed by atoms with Crippen molar-refractivity contribution in [3.63, 3.8) is 0 Å². The number of fused-ring (bicyclic) bond motifs is 1. The van der Waals surface area contributed by atoms with Crippen LogP contribution in [-0.4, -0.2) is 69.8 Å². The highest BCUT2D eigenvalue weighted by Gasteiger charge is 2.36. The van der Waals surface area contributed by atoms with Gasteiger partial charge in [0, 0.05) is 12.2 Å². The second kappa shape index (κ2) is 14.0. The average molecular weight is 568 g/mol. The van der Waals surface area contributed by atoms with E-state index in [0.29, 0.717) is 17.0 Å². The van der Waals surface area contributed by atoms with Crippen LogP contribution in [0.25, 0.3) is 10.8 Å². The van der Waals surface area contributed by atoms with E-state index in [1.54, 1.807) is 39.0 Å². The highest BCUT2D eigenvalue weighted by atomic mass is 32.2. The molecule has 3 amide bonds. The van der Waals surface area contributed by atoms with Gasteiger partial charge in [0.05, 0.1) is 6.61 Å². The van der Waals surface area contributed by atoms with E-state index in [-0.39, 0.29) is 18.7 Å². The van der Waals surface area contributed by atoms with Gasteiger partial charge in [0.1, 0.15) is 23.4 Å². The first-order chi connectivity index (χ1) is 19.0. The molecule has 10 heteroatoms. The van der Waals surface area contributed by atoms with Crippen LogP contribution in [0.3, 0.4) is 0 Å². The molecule has 3 aromatic carbocycles. The minimum Gasteiger partial charge on any atom is -0.508 e. The minimum absolute atomic E-state index is 0.00177. The summed E-state index contributed by atoms with van der Waals surface area (Å²) in [5.41, 5.74) is 0.199. The van der Waals surface area contributed by atoms with Crippen molar-refractivity contribution in [2.45, 2.75) is 44.9 Å². The second-order valence-electron chi connectivity index (χ2n) is 10.3. The lowest BCUT2D eigenvalue weighted by Crippen LogP contribution is -2.53. The van der Waals surface area contributed by atoms with Crippen molar-refractivity contribution in [1.29, 1.82) is 0 Å². The molecule has 0 radical (unpaired) electrons. The first kappa shape index (κ1) is 30.8. The maximum Gasteiger partial charge on any atom is 0.408 e. The first-order valence-corrected chi connectivity index (χ1v) is 14.4. The number of rotatable bonds is 11. The van der Waals surface area contributed by atoms with Gasteiger partial charge in [-0.1, -0.05) is 42.5 Å². The lowest BCUT2D eigenvalue weighted by molar-refractivity contribution is -0.141.